The smallest absolute Gasteiger partial charge is 0.297 e. The maximum absolute atomic E-state index is 13.4. The van der Waals surface area contributed by atoms with E-state index >= 15 is 0 Å². The lowest BCUT2D eigenvalue weighted by atomic mass is 10.2. The summed E-state index contributed by atoms with van der Waals surface area (Å²) in [6.07, 6.45) is 0.330. The van der Waals surface area contributed by atoms with Crippen molar-refractivity contribution in [3.63, 3.8) is 0 Å². The minimum absolute atomic E-state index is 0.0157. The Labute approximate surface area is 127 Å². The van der Waals surface area contributed by atoms with Crippen molar-refractivity contribution in [3.8, 4) is 5.69 Å². The molecule has 0 radical (unpaired) electrons. The van der Waals surface area contributed by atoms with Crippen LogP contribution in [0, 0.1) is 5.82 Å². The van der Waals surface area contributed by atoms with Crippen molar-refractivity contribution in [2.45, 2.75) is 13.3 Å². The maximum atomic E-state index is 13.4. The van der Waals surface area contributed by atoms with Gasteiger partial charge in [-0.3, -0.25) is 9.78 Å². The number of halogens is 4. The van der Waals surface area contributed by atoms with E-state index < -0.39 is 17.1 Å². The molecule has 8 heteroatoms. The highest BCUT2D eigenvalue weighted by molar-refractivity contribution is 6.35. The average molecular weight is 338 g/mol. The zero-order valence-corrected chi connectivity index (χ0v) is 12.4. The summed E-state index contributed by atoms with van der Waals surface area (Å²) in [5.74, 6) is -0.814. The number of H-pyrrole nitrogens is 1. The second-order valence-electron chi connectivity index (χ2n) is 3.94. The van der Waals surface area contributed by atoms with Crippen molar-refractivity contribution in [3.05, 3.63) is 59.5 Å². The molecule has 1 aromatic heterocycles. The quantitative estimate of drug-likeness (QED) is 0.676. The van der Waals surface area contributed by atoms with Crippen LogP contribution in [0.2, 0.25) is 15.2 Å². The molecule has 0 unspecified atom stereocenters. The van der Waals surface area contributed by atoms with Gasteiger partial charge in [0.1, 0.15) is 5.15 Å². The van der Waals surface area contributed by atoms with Gasteiger partial charge in [0.2, 0.25) is 0 Å². The first-order valence-electron chi connectivity index (χ1n) is 5.55. The number of rotatable bonds is 2. The van der Waals surface area contributed by atoms with Crippen molar-refractivity contribution in [1.29, 1.82) is 0 Å². The Hall–Kier alpha value is -1.30. The van der Waals surface area contributed by atoms with E-state index in [2.05, 4.69) is 4.98 Å². The molecule has 0 atom stereocenters. The predicted molar refractivity (Wildman–Crippen MR) is 77.0 cm³/mol. The Bertz CT molecular complexity index is 775. The second-order valence-corrected chi connectivity index (χ2v) is 5.13. The van der Waals surface area contributed by atoms with Gasteiger partial charge in [0, 0.05) is 0 Å². The molecule has 0 spiro atoms. The molecule has 0 amide bonds. The van der Waals surface area contributed by atoms with Gasteiger partial charge in [0.05, 0.1) is 21.3 Å². The fourth-order valence-corrected chi connectivity index (χ4v) is 2.53. The van der Waals surface area contributed by atoms with Crippen LogP contribution in [0.5, 0.6) is 0 Å². The Morgan fingerprint density at radius 1 is 1.20 bits per heavy atom. The number of aromatic amines is 1. The molecular formula is C12H8Cl3FN2O2. The third-order valence-corrected chi connectivity index (χ3v) is 3.60. The molecule has 106 valence electrons. The number of hydrogen-bond donors (Lipinski definition) is 1. The first-order chi connectivity index (χ1) is 9.36. The SMILES string of the molecule is CCc1c(Cl)[nH]c(=O)n(-c2cc(Cl)c(F)c(Cl)c2)c1=O. The summed E-state index contributed by atoms with van der Waals surface area (Å²) < 4.78 is 14.2. The van der Waals surface area contributed by atoms with Crippen LogP contribution in [0.25, 0.3) is 5.69 Å². The van der Waals surface area contributed by atoms with Gasteiger partial charge in [-0.05, 0) is 18.6 Å². The number of hydrogen-bond acceptors (Lipinski definition) is 2. The van der Waals surface area contributed by atoms with E-state index in [-0.39, 0.29) is 26.4 Å². The number of nitrogens with one attached hydrogen (secondary N) is 1. The van der Waals surface area contributed by atoms with Crippen LogP contribution in [-0.2, 0) is 6.42 Å². The fourth-order valence-electron chi connectivity index (χ4n) is 1.76. The van der Waals surface area contributed by atoms with Crippen molar-refractivity contribution in [1.82, 2.24) is 9.55 Å². The average Bonchev–Trinajstić information content (AvgIpc) is 2.35. The third kappa shape index (κ3) is 2.49. The van der Waals surface area contributed by atoms with Gasteiger partial charge in [0.25, 0.3) is 5.56 Å². The minimum atomic E-state index is -0.814. The zero-order valence-electron chi connectivity index (χ0n) is 10.1. The Balaban J connectivity index is 2.84. The fraction of sp³-hybridized carbons (Fsp3) is 0.167. The topological polar surface area (TPSA) is 54.9 Å². The molecule has 1 N–H and O–H groups in total. The summed E-state index contributed by atoms with van der Waals surface area (Å²) in [5, 5.41) is -0.586. The van der Waals surface area contributed by atoms with Gasteiger partial charge in [-0.15, -0.1) is 0 Å². The molecule has 0 fully saturated rings. The van der Waals surface area contributed by atoms with Crippen LogP contribution in [-0.4, -0.2) is 9.55 Å². The Kier molecular flexibility index (Phi) is 4.22. The van der Waals surface area contributed by atoms with Crippen molar-refractivity contribution in [2.75, 3.05) is 0 Å². The van der Waals surface area contributed by atoms with E-state index in [9.17, 15) is 14.0 Å². The van der Waals surface area contributed by atoms with Crippen molar-refractivity contribution in [2.24, 2.45) is 0 Å². The predicted octanol–water partition coefficient (Wildman–Crippen LogP) is 3.19. The van der Waals surface area contributed by atoms with Gasteiger partial charge in [-0.2, -0.15) is 0 Å². The standard InChI is InChI=1S/C12H8Cl3FN2O2/c1-2-6-10(15)17-12(20)18(11(6)19)5-3-7(13)9(16)8(14)4-5/h3-4H,2H2,1H3,(H,17,20). The molecule has 4 nitrogen and oxygen atoms in total. The molecular weight excluding hydrogens is 330 g/mol. The summed E-state index contributed by atoms with van der Waals surface area (Å²) in [6.45, 7) is 1.72. The molecule has 0 aliphatic rings. The van der Waals surface area contributed by atoms with Crippen LogP contribution in [0.15, 0.2) is 21.7 Å². The lowest BCUT2D eigenvalue weighted by Crippen LogP contribution is -2.36. The minimum Gasteiger partial charge on any atom is -0.297 e. The molecule has 0 aliphatic carbocycles. The van der Waals surface area contributed by atoms with E-state index in [1.54, 1.807) is 6.92 Å². The largest absolute Gasteiger partial charge is 0.334 e. The lowest BCUT2D eigenvalue weighted by molar-refractivity contribution is 0.628. The summed E-state index contributed by atoms with van der Waals surface area (Å²) >= 11 is 17.1. The third-order valence-electron chi connectivity index (χ3n) is 2.73. The van der Waals surface area contributed by atoms with Crippen LogP contribution < -0.4 is 11.2 Å². The van der Waals surface area contributed by atoms with E-state index in [4.69, 9.17) is 34.8 Å². The normalized spacial score (nSPS) is 10.8. The molecule has 0 aliphatic heterocycles. The van der Waals surface area contributed by atoms with Gasteiger partial charge in [-0.25, -0.2) is 13.8 Å². The number of aromatic nitrogens is 2. The first-order valence-corrected chi connectivity index (χ1v) is 6.68. The molecule has 0 saturated carbocycles. The van der Waals surface area contributed by atoms with Gasteiger partial charge in [-0.1, -0.05) is 41.7 Å². The summed E-state index contributed by atoms with van der Waals surface area (Å²) in [4.78, 5) is 26.5. The molecule has 2 aromatic rings. The zero-order chi connectivity index (χ0) is 15.0. The number of nitrogens with zero attached hydrogens (tertiary/aromatic N) is 1. The van der Waals surface area contributed by atoms with E-state index in [1.807, 2.05) is 0 Å². The maximum Gasteiger partial charge on any atom is 0.334 e. The van der Waals surface area contributed by atoms with Crippen LogP contribution in [0.3, 0.4) is 0 Å². The Morgan fingerprint density at radius 2 is 1.75 bits per heavy atom. The highest BCUT2D eigenvalue weighted by Crippen LogP contribution is 2.25. The summed E-state index contributed by atoms with van der Waals surface area (Å²) in [5.41, 5.74) is -1.04. The Morgan fingerprint density at radius 3 is 2.25 bits per heavy atom. The molecule has 20 heavy (non-hydrogen) atoms. The molecule has 2 rings (SSSR count). The highest BCUT2D eigenvalue weighted by Gasteiger charge is 2.15. The lowest BCUT2D eigenvalue weighted by Gasteiger charge is -2.09. The number of benzene rings is 1. The second kappa shape index (κ2) is 5.60. The highest BCUT2D eigenvalue weighted by atomic mass is 35.5. The van der Waals surface area contributed by atoms with Crippen LogP contribution in [0.4, 0.5) is 4.39 Å². The molecule has 1 aromatic carbocycles. The van der Waals surface area contributed by atoms with Gasteiger partial charge in [0.15, 0.2) is 5.82 Å². The van der Waals surface area contributed by atoms with E-state index in [0.717, 1.165) is 16.7 Å². The van der Waals surface area contributed by atoms with Gasteiger partial charge < -0.3 is 0 Å². The molecule has 0 bridgehead atoms. The molecule has 1 heterocycles. The molecule has 0 saturated heterocycles. The summed E-state index contributed by atoms with van der Waals surface area (Å²) in [7, 11) is 0. The van der Waals surface area contributed by atoms with Crippen LogP contribution >= 0.6 is 34.8 Å². The van der Waals surface area contributed by atoms with Crippen molar-refractivity contribution < 1.29 is 4.39 Å². The monoisotopic (exact) mass is 336 g/mol. The van der Waals surface area contributed by atoms with E-state index in [1.165, 1.54) is 0 Å². The first kappa shape index (κ1) is 15.1. The van der Waals surface area contributed by atoms with Crippen molar-refractivity contribution >= 4 is 34.8 Å². The van der Waals surface area contributed by atoms with Gasteiger partial charge >= 0.3 is 5.69 Å². The summed E-state index contributed by atoms with van der Waals surface area (Å²) in [6, 6.07) is 2.29. The van der Waals surface area contributed by atoms with E-state index in [0.29, 0.717) is 6.42 Å². The van der Waals surface area contributed by atoms with Crippen LogP contribution in [0.1, 0.15) is 12.5 Å².